The van der Waals surface area contributed by atoms with E-state index < -0.39 is 4.92 Å². The average molecular weight is 274 g/mol. The largest absolute Gasteiger partial charge is 0.490 e. The molecule has 0 saturated carbocycles. The number of pyridine rings is 1. The Morgan fingerprint density at radius 1 is 1.35 bits per heavy atom. The van der Waals surface area contributed by atoms with Crippen molar-refractivity contribution in [3.05, 3.63) is 58.3 Å². The van der Waals surface area contributed by atoms with Gasteiger partial charge in [-0.15, -0.1) is 0 Å². The van der Waals surface area contributed by atoms with E-state index in [0.29, 0.717) is 19.0 Å². The van der Waals surface area contributed by atoms with Crippen LogP contribution in [0.2, 0.25) is 0 Å². The minimum absolute atomic E-state index is 0.0339. The second-order valence-corrected chi connectivity index (χ2v) is 4.31. The zero-order valence-corrected chi connectivity index (χ0v) is 11.1. The van der Waals surface area contributed by atoms with Gasteiger partial charge < -0.3 is 4.74 Å². The number of nitrogens with one attached hydrogen (secondary N) is 2. The van der Waals surface area contributed by atoms with Gasteiger partial charge in [-0.05, 0) is 24.6 Å². The summed E-state index contributed by atoms with van der Waals surface area (Å²) in [6.45, 7) is 3.12. The Labute approximate surface area is 116 Å². The van der Waals surface area contributed by atoms with Gasteiger partial charge in [0.25, 0.3) is 5.82 Å². The van der Waals surface area contributed by atoms with Crippen LogP contribution in [0.1, 0.15) is 5.56 Å². The Kier molecular flexibility index (Phi) is 4.49. The monoisotopic (exact) mass is 274 g/mol. The number of rotatable bonds is 6. The summed E-state index contributed by atoms with van der Waals surface area (Å²) >= 11 is 0. The molecule has 0 fully saturated rings. The summed E-state index contributed by atoms with van der Waals surface area (Å²) in [5.41, 5.74) is 1.19. The Balaban J connectivity index is 1.77. The predicted molar refractivity (Wildman–Crippen MR) is 74.8 cm³/mol. The number of nitro groups is 1. The average Bonchev–Trinajstić information content (AvgIpc) is 2.44. The van der Waals surface area contributed by atoms with Crippen molar-refractivity contribution >= 4 is 11.5 Å². The van der Waals surface area contributed by atoms with Gasteiger partial charge in [-0.25, -0.2) is 4.98 Å². The summed E-state index contributed by atoms with van der Waals surface area (Å²) < 4.78 is 5.59. The first-order valence-corrected chi connectivity index (χ1v) is 6.24. The van der Waals surface area contributed by atoms with E-state index in [2.05, 4.69) is 10.3 Å². The van der Waals surface area contributed by atoms with Gasteiger partial charge in [-0.2, -0.15) is 0 Å². The Morgan fingerprint density at radius 2 is 2.20 bits per heavy atom. The summed E-state index contributed by atoms with van der Waals surface area (Å²) in [4.78, 5) is 12.9. The number of nitrogens with zero attached hydrogens (tertiary/aromatic N) is 1. The highest BCUT2D eigenvalue weighted by atomic mass is 16.6. The van der Waals surface area contributed by atoms with E-state index in [9.17, 15) is 10.1 Å². The maximum atomic E-state index is 10.5. The summed E-state index contributed by atoms with van der Waals surface area (Å²) in [6.07, 6.45) is 1.35. The highest BCUT2D eigenvalue weighted by Crippen LogP contribution is 2.12. The van der Waals surface area contributed by atoms with E-state index in [1.54, 1.807) is 6.07 Å². The maximum absolute atomic E-state index is 10.5. The highest BCUT2D eigenvalue weighted by Gasteiger charge is 2.08. The molecule has 1 heterocycles. The fraction of sp³-hybridized carbons (Fsp3) is 0.214. The number of H-pyrrole nitrogens is 1. The highest BCUT2D eigenvalue weighted by molar-refractivity contribution is 5.34. The molecule has 0 amide bonds. The van der Waals surface area contributed by atoms with Gasteiger partial charge in [0.1, 0.15) is 18.9 Å². The van der Waals surface area contributed by atoms with E-state index in [-0.39, 0.29) is 5.69 Å². The molecular formula is C14H16N3O3+. The summed E-state index contributed by atoms with van der Waals surface area (Å²) in [7, 11) is 0. The van der Waals surface area contributed by atoms with E-state index in [1.165, 1.54) is 12.3 Å². The summed E-state index contributed by atoms with van der Waals surface area (Å²) in [5.74, 6) is 1.54. The van der Waals surface area contributed by atoms with Crippen LogP contribution in [0.25, 0.3) is 0 Å². The smallest absolute Gasteiger partial charge is 0.308 e. The third-order valence-electron chi connectivity index (χ3n) is 2.68. The van der Waals surface area contributed by atoms with Crippen LogP contribution in [-0.2, 0) is 0 Å². The van der Waals surface area contributed by atoms with Crippen LogP contribution in [0.3, 0.4) is 0 Å². The van der Waals surface area contributed by atoms with Gasteiger partial charge in [0.15, 0.2) is 6.20 Å². The number of ether oxygens (including phenoxy) is 1. The Bertz CT molecular complexity index is 584. The molecule has 2 rings (SSSR count). The van der Waals surface area contributed by atoms with Crippen LogP contribution >= 0.6 is 0 Å². The molecule has 0 spiro atoms. The molecule has 0 unspecified atom stereocenters. The molecule has 104 valence electrons. The molecule has 0 aliphatic carbocycles. The van der Waals surface area contributed by atoms with Crippen LogP contribution in [0.15, 0.2) is 42.6 Å². The van der Waals surface area contributed by atoms with Gasteiger partial charge in [0.05, 0.1) is 4.92 Å². The fourth-order valence-electron chi connectivity index (χ4n) is 1.70. The van der Waals surface area contributed by atoms with Crippen molar-refractivity contribution in [1.82, 2.24) is 0 Å². The molecule has 0 bridgehead atoms. The summed E-state index contributed by atoms with van der Waals surface area (Å²) in [5, 5.41) is 13.6. The molecule has 0 aliphatic heterocycles. The van der Waals surface area contributed by atoms with Gasteiger partial charge >= 0.3 is 5.69 Å². The first-order valence-electron chi connectivity index (χ1n) is 6.24. The second-order valence-electron chi connectivity index (χ2n) is 4.31. The van der Waals surface area contributed by atoms with Gasteiger partial charge in [-0.3, -0.25) is 15.4 Å². The fourth-order valence-corrected chi connectivity index (χ4v) is 1.70. The van der Waals surface area contributed by atoms with Crippen LogP contribution in [0.5, 0.6) is 5.75 Å². The zero-order valence-electron chi connectivity index (χ0n) is 11.1. The number of aromatic amines is 1. The first kappa shape index (κ1) is 13.8. The van der Waals surface area contributed by atoms with Crippen LogP contribution in [-0.4, -0.2) is 18.1 Å². The van der Waals surface area contributed by atoms with Gasteiger partial charge in [0.2, 0.25) is 0 Å². The predicted octanol–water partition coefficient (Wildman–Crippen LogP) is 2.21. The lowest BCUT2D eigenvalue weighted by atomic mass is 10.2. The normalized spacial score (nSPS) is 10.1. The van der Waals surface area contributed by atoms with E-state index in [1.807, 2.05) is 31.2 Å². The van der Waals surface area contributed by atoms with Crippen molar-refractivity contribution in [2.75, 3.05) is 18.5 Å². The molecule has 1 aromatic carbocycles. The lowest BCUT2D eigenvalue weighted by Gasteiger charge is -2.05. The third kappa shape index (κ3) is 3.94. The number of hydrogen-bond donors (Lipinski definition) is 1. The van der Waals surface area contributed by atoms with Crippen molar-refractivity contribution in [2.24, 2.45) is 0 Å². The number of aryl methyl sites for hydroxylation is 1. The Hall–Kier alpha value is -2.63. The molecule has 6 nitrogen and oxygen atoms in total. The van der Waals surface area contributed by atoms with E-state index in [0.717, 1.165) is 11.3 Å². The lowest BCUT2D eigenvalue weighted by Crippen LogP contribution is -2.18. The molecule has 2 aromatic rings. The summed E-state index contributed by atoms with van der Waals surface area (Å²) in [6, 6.07) is 10.9. The zero-order chi connectivity index (χ0) is 14.4. The van der Waals surface area contributed by atoms with Crippen molar-refractivity contribution < 1.29 is 14.6 Å². The molecule has 1 aromatic heterocycles. The SMILES string of the molecule is Cc1cccc(OCCNc2ccc([N+](=O)[O-])c[nH+]2)c1. The molecule has 0 aliphatic rings. The van der Waals surface area contributed by atoms with Crippen LogP contribution < -0.4 is 15.0 Å². The molecule has 0 atom stereocenters. The van der Waals surface area contributed by atoms with Crippen molar-refractivity contribution in [3.8, 4) is 5.75 Å². The molecule has 0 saturated heterocycles. The molecule has 20 heavy (non-hydrogen) atoms. The molecule has 6 heteroatoms. The number of benzene rings is 1. The Morgan fingerprint density at radius 3 is 2.85 bits per heavy atom. The van der Waals surface area contributed by atoms with E-state index >= 15 is 0 Å². The third-order valence-corrected chi connectivity index (χ3v) is 2.68. The van der Waals surface area contributed by atoms with Crippen LogP contribution in [0.4, 0.5) is 11.5 Å². The topological polar surface area (TPSA) is 78.5 Å². The number of hydrogen-bond acceptors (Lipinski definition) is 4. The van der Waals surface area contributed by atoms with Crippen molar-refractivity contribution in [1.29, 1.82) is 0 Å². The van der Waals surface area contributed by atoms with Gasteiger partial charge in [-0.1, -0.05) is 12.1 Å². The van der Waals surface area contributed by atoms with E-state index in [4.69, 9.17) is 4.74 Å². The number of aromatic nitrogens is 1. The molecular weight excluding hydrogens is 258 g/mol. The van der Waals surface area contributed by atoms with Crippen molar-refractivity contribution in [3.63, 3.8) is 0 Å². The standard InChI is InChI=1S/C14H15N3O3/c1-11-3-2-4-13(9-11)20-8-7-15-14-6-5-12(10-16-14)17(18)19/h2-6,9-10H,7-8H2,1H3,(H,15,16)/p+1. The first-order chi connectivity index (χ1) is 9.65. The minimum atomic E-state index is -0.443. The van der Waals surface area contributed by atoms with Crippen molar-refractivity contribution in [2.45, 2.75) is 6.92 Å². The minimum Gasteiger partial charge on any atom is -0.490 e. The maximum Gasteiger partial charge on any atom is 0.308 e. The molecule has 2 N–H and O–H groups in total. The van der Waals surface area contributed by atoms with Gasteiger partial charge in [0, 0.05) is 12.1 Å². The van der Waals surface area contributed by atoms with Crippen LogP contribution in [0, 0.1) is 17.0 Å². The molecule has 0 radical (unpaired) electrons. The second kappa shape index (κ2) is 6.51. The quantitative estimate of drug-likeness (QED) is 0.497. The lowest BCUT2D eigenvalue weighted by molar-refractivity contribution is -0.413. The number of anilines is 1.